The second-order valence-electron chi connectivity index (χ2n) is 10.6. The van der Waals surface area contributed by atoms with E-state index in [0.717, 1.165) is 35.7 Å². The summed E-state index contributed by atoms with van der Waals surface area (Å²) in [5.41, 5.74) is 0.433. The van der Waals surface area contributed by atoms with Gasteiger partial charge in [0, 0.05) is 23.9 Å². The van der Waals surface area contributed by atoms with Crippen molar-refractivity contribution < 1.29 is 14.1 Å². The van der Waals surface area contributed by atoms with Crippen molar-refractivity contribution in [1.82, 2.24) is 5.32 Å². The van der Waals surface area contributed by atoms with Crippen LogP contribution >= 0.6 is 0 Å². The third-order valence-electron chi connectivity index (χ3n) is 7.08. The fourth-order valence-electron chi connectivity index (χ4n) is 4.58. The van der Waals surface area contributed by atoms with Crippen molar-refractivity contribution in [3.05, 3.63) is 60.2 Å². The van der Waals surface area contributed by atoms with Crippen molar-refractivity contribution in [2.75, 3.05) is 33.7 Å². The van der Waals surface area contributed by atoms with Crippen LogP contribution in [-0.4, -0.2) is 49.9 Å². The van der Waals surface area contributed by atoms with E-state index in [9.17, 15) is 9.59 Å². The molecule has 0 fully saturated rings. The van der Waals surface area contributed by atoms with Gasteiger partial charge in [-0.05, 0) is 50.9 Å². The van der Waals surface area contributed by atoms with Gasteiger partial charge in [0.25, 0.3) is 0 Å². The largest absolute Gasteiger partial charge is 0.355 e. The maximum Gasteiger partial charge on any atom is 0.225 e. The highest BCUT2D eigenvalue weighted by atomic mass is 16.2. The van der Waals surface area contributed by atoms with Crippen molar-refractivity contribution in [3.63, 3.8) is 0 Å². The monoisotopic (exact) mass is 443 g/mol. The molecule has 0 saturated carbocycles. The number of nitrogens with zero attached hydrogens (tertiary/aromatic N) is 1. The fraction of sp³-hybridized carbons (Fsp3) is 0.379. The van der Waals surface area contributed by atoms with Crippen LogP contribution in [-0.2, 0) is 4.79 Å². The topological polar surface area (TPSA) is 46.2 Å². The summed E-state index contributed by atoms with van der Waals surface area (Å²) in [7, 11) is 4.17. The second kappa shape index (κ2) is 8.75. The van der Waals surface area contributed by atoms with Crippen LogP contribution in [0.5, 0.6) is 0 Å². The molecule has 0 aliphatic rings. The number of hydrogen-bond donors (Lipinski definition) is 1. The van der Waals surface area contributed by atoms with E-state index >= 15 is 0 Å². The third-order valence-corrected chi connectivity index (χ3v) is 7.08. The molecule has 33 heavy (non-hydrogen) atoms. The molecule has 0 saturated heterocycles. The van der Waals surface area contributed by atoms with Gasteiger partial charge >= 0.3 is 0 Å². The van der Waals surface area contributed by atoms with Gasteiger partial charge in [0.1, 0.15) is 6.54 Å². The first-order chi connectivity index (χ1) is 15.6. The Morgan fingerprint density at radius 2 is 1.42 bits per heavy atom. The van der Waals surface area contributed by atoms with E-state index < -0.39 is 0 Å². The first-order valence-electron chi connectivity index (χ1n) is 11.9. The zero-order chi connectivity index (χ0) is 23.8. The molecule has 4 aromatic carbocycles. The molecule has 4 rings (SSSR count). The van der Waals surface area contributed by atoms with Crippen molar-refractivity contribution >= 4 is 44.0 Å². The first kappa shape index (κ1) is 23.2. The van der Waals surface area contributed by atoms with Gasteiger partial charge in [-0.1, -0.05) is 63.2 Å². The van der Waals surface area contributed by atoms with Crippen LogP contribution in [0.4, 0.5) is 0 Å². The number of benzene rings is 4. The highest BCUT2D eigenvalue weighted by molar-refractivity contribution is 6.24. The van der Waals surface area contributed by atoms with Crippen LogP contribution in [0.2, 0.25) is 0 Å². The summed E-state index contributed by atoms with van der Waals surface area (Å²) >= 11 is 0. The molecule has 0 aliphatic carbocycles. The van der Waals surface area contributed by atoms with Gasteiger partial charge in [-0.25, -0.2) is 0 Å². The Morgan fingerprint density at radius 1 is 0.879 bits per heavy atom. The van der Waals surface area contributed by atoms with Crippen LogP contribution in [0, 0.1) is 5.41 Å². The van der Waals surface area contributed by atoms with Gasteiger partial charge < -0.3 is 9.80 Å². The lowest BCUT2D eigenvalue weighted by Gasteiger charge is -2.29. The molecule has 0 radical (unpaired) electrons. The zero-order valence-electron chi connectivity index (χ0n) is 20.5. The van der Waals surface area contributed by atoms with Gasteiger partial charge in [-0.15, -0.1) is 0 Å². The SMILES string of the molecule is CCC(C)(C)C(=O)NCCC[N+](C)(C)CC(=O)c1cc2ccc3cccc4ccc(c1)c2c34. The number of carbonyl (C=O) groups excluding carboxylic acids is 2. The van der Waals surface area contributed by atoms with Crippen LogP contribution in [0.15, 0.2) is 54.6 Å². The Balaban J connectivity index is 1.46. The van der Waals surface area contributed by atoms with E-state index in [2.05, 4.69) is 61.9 Å². The lowest BCUT2D eigenvalue weighted by Crippen LogP contribution is -2.46. The Bertz CT molecular complexity index is 1260. The third kappa shape index (κ3) is 4.72. The van der Waals surface area contributed by atoms with Crippen LogP contribution in [0.3, 0.4) is 0 Å². The average molecular weight is 444 g/mol. The average Bonchev–Trinajstić information content (AvgIpc) is 2.79. The van der Waals surface area contributed by atoms with E-state index in [1.807, 2.05) is 32.9 Å². The molecule has 0 heterocycles. The Hall–Kier alpha value is -2.98. The smallest absolute Gasteiger partial charge is 0.225 e. The predicted octanol–water partition coefficient (Wildman–Crippen LogP) is 5.79. The molecule has 172 valence electrons. The van der Waals surface area contributed by atoms with Gasteiger partial charge in [0.2, 0.25) is 11.7 Å². The number of amides is 1. The molecule has 0 spiro atoms. The fourth-order valence-corrected chi connectivity index (χ4v) is 4.58. The van der Waals surface area contributed by atoms with E-state index in [1.54, 1.807) is 0 Å². The number of hydrogen-bond acceptors (Lipinski definition) is 2. The summed E-state index contributed by atoms with van der Waals surface area (Å²) in [6.45, 7) is 7.87. The molecular weight excluding hydrogens is 408 g/mol. The predicted molar refractivity (Wildman–Crippen MR) is 138 cm³/mol. The van der Waals surface area contributed by atoms with Crippen LogP contribution in [0.1, 0.15) is 44.0 Å². The van der Waals surface area contributed by atoms with E-state index in [0.29, 0.717) is 17.6 Å². The molecule has 4 heteroatoms. The molecule has 0 unspecified atom stereocenters. The van der Waals surface area contributed by atoms with E-state index in [4.69, 9.17) is 0 Å². The van der Waals surface area contributed by atoms with Gasteiger partial charge in [0.05, 0.1) is 20.6 Å². The molecule has 0 aromatic heterocycles. The number of likely N-dealkylation sites (N-methyl/N-ethyl adjacent to an activating group) is 1. The number of Topliss-reactive ketones (excluding diaryl/α,β-unsaturated/α-hetero) is 1. The Kier molecular flexibility index (Phi) is 6.15. The first-order valence-corrected chi connectivity index (χ1v) is 11.9. The highest BCUT2D eigenvalue weighted by Crippen LogP contribution is 2.35. The van der Waals surface area contributed by atoms with Crippen molar-refractivity contribution in [2.45, 2.75) is 33.6 Å². The zero-order valence-corrected chi connectivity index (χ0v) is 20.5. The summed E-state index contributed by atoms with van der Waals surface area (Å²) < 4.78 is 0.594. The minimum Gasteiger partial charge on any atom is -0.355 e. The Morgan fingerprint density at radius 3 is 2.00 bits per heavy atom. The van der Waals surface area contributed by atoms with Crippen LogP contribution in [0.25, 0.3) is 32.3 Å². The van der Waals surface area contributed by atoms with E-state index in [-0.39, 0.29) is 17.1 Å². The maximum atomic E-state index is 13.3. The number of quaternary nitrogens is 1. The maximum absolute atomic E-state index is 13.3. The lowest BCUT2D eigenvalue weighted by atomic mass is 9.89. The standard InChI is InChI=1S/C29H34N2O2/c1-6-29(2,3)28(33)30-15-8-16-31(4,5)19-25(32)24-17-22-13-11-20-9-7-10-21-12-14-23(18-24)27(22)26(20)21/h7,9-14,17-18H,6,8,15-16,19H2,1-5H3/p+1. The number of nitrogens with one attached hydrogen (secondary N) is 1. The van der Waals surface area contributed by atoms with Gasteiger partial charge in [-0.2, -0.15) is 0 Å². The minimum absolute atomic E-state index is 0.0975. The van der Waals surface area contributed by atoms with Crippen LogP contribution < -0.4 is 5.32 Å². The molecule has 4 nitrogen and oxygen atoms in total. The Labute approximate surface area is 196 Å². The number of carbonyl (C=O) groups is 2. The molecule has 0 aliphatic heterocycles. The molecule has 0 atom stereocenters. The summed E-state index contributed by atoms with van der Waals surface area (Å²) in [5, 5.41) is 10.3. The van der Waals surface area contributed by atoms with Gasteiger partial charge in [0.15, 0.2) is 0 Å². The summed E-state index contributed by atoms with van der Waals surface area (Å²) in [4.78, 5) is 25.5. The second-order valence-corrected chi connectivity index (χ2v) is 10.6. The number of ketones is 1. The van der Waals surface area contributed by atoms with Crippen molar-refractivity contribution in [3.8, 4) is 0 Å². The quantitative estimate of drug-likeness (QED) is 0.154. The lowest BCUT2D eigenvalue weighted by molar-refractivity contribution is -0.882. The van der Waals surface area contributed by atoms with E-state index in [1.165, 1.54) is 21.5 Å². The normalized spacial score (nSPS) is 12.6. The molecule has 1 amide bonds. The summed E-state index contributed by atoms with van der Waals surface area (Å²) in [6.07, 6.45) is 1.65. The van der Waals surface area contributed by atoms with Crippen molar-refractivity contribution in [1.29, 1.82) is 0 Å². The molecule has 4 aromatic rings. The molecular formula is C29H35N2O2+. The number of rotatable bonds is 9. The summed E-state index contributed by atoms with van der Waals surface area (Å²) in [6, 6.07) is 19.0. The highest BCUT2D eigenvalue weighted by Gasteiger charge is 2.25. The van der Waals surface area contributed by atoms with Gasteiger partial charge in [-0.3, -0.25) is 9.59 Å². The molecule has 1 N–H and O–H groups in total. The summed E-state index contributed by atoms with van der Waals surface area (Å²) in [5.74, 6) is 0.252. The molecule has 0 bridgehead atoms. The minimum atomic E-state index is -0.336. The van der Waals surface area contributed by atoms with Crippen molar-refractivity contribution in [2.24, 2.45) is 5.41 Å².